The van der Waals surface area contributed by atoms with Crippen LogP contribution >= 0.6 is 0 Å². The molecule has 3 aliphatic rings. The zero-order valence-corrected chi connectivity index (χ0v) is 6.75. The Morgan fingerprint density at radius 3 is 3.00 bits per heavy atom. The van der Waals surface area contributed by atoms with Crippen molar-refractivity contribution in [2.45, 2.75) is 25.3 Å². The Hall–Kier alpha value is -0.0800. The highest BCUT2D eigenvalue weighted by Gasteiger charge is 2.48. The lowest BCUT2D eigenvalue weighted by molar-refractivity contribution is -0.00250. The number of nitrogens with one attached hydrogen (secondary N) is 1. The fourth-order valence-electron chi connectivity index (χ4n) is 3.32. The van der Waals surface area contributed by atoms with Crippen LogP contribution in [0.3, 0.4) is 0 Å². The molecular weight excluding hydrogens is 138 g/mol. The molecule has 2 nitrogen and oxygen atoms in total. The van der Waals surface area contributed by atoms with Crippen LogP contribution in [0, 0.1) is 17.8 Å². The Morgan fingerprint density at radius 1 is 1.18 bits per heavy atom. The number of ether oxygens (including phenoxy) is 1. The summed E-state index contributed by atoms with van der Waals surface area (Å²) in [6, 6.07) is 0.822. The molecule has 0 spiro atoms. The first kappa shape index (κ1) is 6.44. The molecule has 3 rings (SSSR count). The summed E-state index contributed by atoms with van der Waals surface area (Å²) < 4.78 is 5.42. The van der Waals surface area contributed by atoms with E-state index in [4.69, 9.17) is 4.74 Å². The predicted molar refractivity (Wildman–Crippen MR) is 42.1 cm³/mol. The van der Waals surface area contributed by atoms with Gasteiger partial charge in [-0.3, -0.25) is 5.32 Å². The number of hydrogen-bond donors (Lipinski definition) is 1. The third kappa shape index (κ3) is 0.798. The molecule has 0 aromatic carbocycles. The van der Waals surface area contributed by atoms with E-state index in [1.807, 2.05) is 0 Å². The summed E-state index contributed by atoms with van der Waals surface area (Å²) in [4.78, 5) is 0. The van der Waals surface area contributed by atoms with E-state index < -0.39 is 0 Å². The molecule has 11 heavy (non-hydrogen) atoms. The second-order valence-corrected chi connectivity index (χ2v) is 4.24. The highest BCUT2D eigenvalue weighted by Crippen LogP contribution is 2.49. The summed E-state index contributed by atoms with van der Waals surface area (Å²) in [6.45, 7) is 1.82. The van der Waals surface area contributed by atoms with Crippen molar-refractivity contribution in [1.82, 2.24) is 5.32 Å². The van der Waals surface area contributed by atoms with Gasteiger partial charge < -0.3 is 4.74 Å². The van der Waals surface area contributed by atoms with Crippen molar-refractivity contribution in [2.24, 2.45) is 17.8 Å². The lowest BCUT2D eigenvalue weighted by Gasteiger charge is -2.35. The molecule has 0 aromatic rings. The maximum Gasteiger partial charge on any atom is 0.0967 e. The van der Waals surface area contributed by atoms with E-state index in [2.05, 4.69) is 5.32 Å². The third-order valence-electron chi connectivity index (χ3n) is 3.82. The van der Waals surface area contributed by atoms with Crippen LogP contribution in [0.1, 0.15) is 19.3 Å². The van der Waals surface area contributed by atoms with Gasteiger partial charge in [0.1, 0.15) is 0 Å². The van der Waals surface area contributed by atoms with Crippen LogP contribution < -0.4 is 5.32 Å². The molecule has 2 heteroatoms. The highest BCUT2D eigenvalue weighted by molar-refractivity contribution is 5.01. The standard InChI is InChI=1S/C9H15NO/c1-2-7-3-6(1)8-4-11-5-10-9(7)8/h6-10H,1-5H2/t6-,7+,8-,9+/m1/s1. The van der Waals surface area contributed by atoms with Crippen LogP contribution in [0.4, 0.5) is 0 Å². The van der Waals surface area contributed by atoms with Crippen molar-refractivity contribution in [1.29, 1.82) is 0 Å². The molecule has 1 aliphatic heterocycles. The monoisotopic (exact) mass is 153 g/mol. The van der Waals surface area contributed by atoms with Gasteiger partial charge in [-0.2, -0.15) is 0 Å². The van der Waals surface area contributed by atoms with E-state index >= 15 is 0 Å². The average molecular weight is 153 g/mol. The fraction of sp³-hybridized carbons (Fsp3) is 1.00. The zero-order chi connectivity index (χ0) is 7.26. The first-order valence-electron chi connectivity index (χ1n) is 4.76. The van der Waals surface area contributed by atoms with Crippen LogP contribution in [-0.2, 0) is 4.74 Å². The Balaban J connectivity index is 1.84. The first-order chi connectivity index (χ1) is 5.45. The summed E-state index contributed by atoms with van der Waals surface area (Å²) >= 11 is 0. The molecule has 0 aromatic heterocycles. The number of fused-ring (bicyclic) bond motifs is 5. The van der Waals surface area contributed by atoms with E-state index in [0.717, 1.165) is 37.1 Å². The van der Waals surface area contributed by atoms with Gasteiger partial charge in [-0.25, -0.2) is 0 Å². The summed E-state index contributed by atoms with van der Waals surface area (Å²) in [7, 11) is 0. The summed E-state index contributed by atoms with van der Waals surface area (Å²) in [5.74, 6) is 2.86. The molecular formula is C9H15NO. The molecule has 2 aliphatic carbocycles. The molecule has 0 amide bonds. The van der Waals surface area contributed by atoms with E-state index in [9.17, 15) is 0 Å². The zero-order valence-electron chi connectivity index (χ0n) is 6.75. The molecule has 0 radical (unpaired) electrons. The molecule has 0 unspecified atom stereocenters. The van der Waals surface area contributed by atoms with Gasteiger partial charge in [0, 0.05) is 12.0 Å². The topological polar surface area (TPSA) is 21.3 Å². The molecule has 2 saturated carbocycles. The lowest BCUT2D eigenvalue weighted by Crippen LogP contribution is -2.48. The van der Waals surface area contributed by atoms with E-state index in [0.29, 0.717) is 0 Å². The van der Waals surface area contributed by atoms with Gasteiger partial charge in [-0.05, 0) is 31.1 Å². The molecule has 4 atom stereocenters. The van der Waals surface area contributed by atoms with Crippen LogP contribution in [0.2, 0.25) is 0 Å². The second kappa shape index (κ2) is 2.20. The highest BCUT2D eigenvalue weighted by atomic mass is 16.5. The van der Waals surface area contributed by atoms with Gasteiger partial charge in [0.15, 0.2) is 0 Å². The van der Waals surface area contributed by atoms with Crippen LogP contribution in [0.25, 0.3) is 0 Å². The summed E-state index contributed by atoms with van der Waals surface area (Å²) in [6.07, 6.45) is 4.42. The molecule has 62 valence electrons. The SMILES string of the molecule is C1N[C@H]2[C@H]3CC[C@H](C3)[C@H]2CO1. The summed E-state index contributed by atoms with van der Waals surface area (Å²) in [5.41, 5.74) is 0. The van der Waals surface area contributed by atoms with Gasteiger partial charge in [-0.15, -0.1) is 0 Å². The fourth-order valence-corrected chi connectivity index (χ4v) is 3.32. The third-order valence-corrected chi connectivity index (χ3v) is 3.82. The predicted octanol–water partition coefficient (Wildman–Crippen LogP) is 0.978. The minimum absolute atomic E-state index is 0.796. The minimum Gasteiger partial charge on any atom is -0.366 e. The van der Waals surface area contributed by atoms with E-state index in [1.165, 1.54) is 19.3 Å². The molecule has 3 fully saturated rings. The quantitative estimate of drug-likeness (QED) is 0.560. The Labute approximate surface area is 67.3 Å². The Kier molecular flexibility index (Phi) is 1.29. The van der Waals surface area contributed by atoms with Crippen molar-refractivity contribution in [3.05, 3.63) is 0 Å². The maximum atomic E-state index is 5.42. The van der Waals surface area contributed by atoms with Crippen molar-refractivity contribution in [3.63, 3.8) is 0 Å². The summed E-state index contributed by atoms with van der Waals surface area (Å²) in [5, 5.41) is 3.49. The lowest BCUT2D eigenvalue weighted by atomic mass is 9.84. The first-order valence-corrected chi connectivity index (χ1v) is 4.76. The van der Waals surface area contributed by atoms with Gasteiger partial charge in [0.05, 0.1) is 13.3 Å². The molecule has 1 heterocycles. The van der Waals surface area contributed by atoms with Crippen LogP contribution in [0.5, 0.6) is 0 Å². The van der Waals surface area contributed by atoms with Crippen molar-refractivity contribution < 1.29 is 4.74 Å². The minimum atomic E-state index is 0.796. The van der Waals surface area contributed by atoms with Gasteiger partial charge >= 0.3 is 0 Å². The smallest absolute Gasteiger partial charge is 0.0967 e. The molecule has 1 saturated heterocycles. The van der Waals surface area contributed by atoms with E-state index in [1.54, 1.807) is 0 Å². The largest absolute Gasteiger partial charge is 0.366 e. The Bertz CT molecular complexity index is 153. The number of hydrogen-bond acceptors (Lipinski definition) is 2. The molecule has 1 N–H and O–H groups in total. The van der Waals surface area contributed by atoms with Gasteiger partial charge in [-0.1, -0.05) is 0 Å². The van der Waals surface area contributed by atoms with Crippen molar-refractivity contribution >= 4 is 0 Å². The van der Waals surface area contributed by atoms with Crippen molar-refractivity contribution in [3.8, 4) is 0 Å². The van der Waals surface area contributed by atoms with E-state index in [-0.39, 0.29) is 0 Å². The van der Waals surface area contributed by atoms with Gasteiger partial charge in [0.25, 0.3) is 0 Å². The Morgan fingerprint density at radius 2 is 2.09 bits per heavy atom. The van der Waals surface area contributed by atoms with Crippen LogP contribution in [-0.4, -0.2) is 19.4 Å². The van der Waals surface area contributed by atoms with Crippen LogP contribution in [0.15, 0.2) is 0 Å². The second-order valence-electron chi connectivity index (χ2n) is 4.24. The average Bonchev–Trinajstić information content (AvgIpc) is 2.64. The number of rotatable bonds is 0. The van der Waals surface area contributed by atoms with Gasteiger partial charge in [0.2, 0.25) is 0 Å². The molecule has 2 bridgehead atoms. The normalized spacial score (nSPS) is 54.5. The maximum absolute atomic E-state index is 5.42. The van der Waals surface area contributed by atoms with Crippen molar-refractivity contribution in [2.75, 3.05) is 13.3 Å².